The maximum atomic E-state index is 3.70. The molecule has 0 saturated carbocycles. The third-order valence-electron chi connectivity index (χ3n) is 4.53. The van der Waals surface area contributed by atoms with Crippen LogP contribution in [0, 0.1) is 5.92 Å². The molecule has 0 bridgehead atoms. The highest BCUT2D eigenvalue weighted by atomic mass is 15.2. The van der Waals surface area contributed by atoms with Gasteiger partial charge in [-0.1, -0.05) is 6.42 Å². The molecule has 0 aromatic carbocycles. The molecule has 2 aliphatic rings. The van der Waals surface area contributed by atoms with Crippen LogP contribution in [0.5, 0.6) is 0 Å². The van der Waals surface area contributed by atoms with Crippen LogP contribution >= 0.6 is 0 Å². The summed E-state index contributed by atoms with van der Waals surface area (Å²) in [4.78, 5) is 4.98. The number of nitrogens with zero attached hydrogens (tertiary/aromatic N) is 2. The highest BCUT2D eigenvalue weighted by Crippen LogP contribution is 2.31. The SMILES string of the molecule is CC(NCCN(C)C)C1CC2CCCCN2C1. The summed E-state index contributed by atoms with van der Waals surface area (Å²) >= 11 is 0. The topological polar surface area (TPSA) is 18.5 Å². The monoisotopic (exact) mass is 239 g/mol. The number of hydrogen-bond donors (Lipinski definition) is 1. The largest absolute Gasteiger partial charge is 0.313 e. The fourth-order valence-electron chi connectivity index (χ4n) is 3.34. The van der Waals surface area contributed by atoms with Gasteiger partial charge in [-0.15, -0.1) is 0 Å². The van der Waals surface area contributed by atoms with Crippen molar-refractivity contribution in [1.82, 2.24) is 15.1 Å². The maximum Gasteiger partial charge on any atom is 0.0101 e. The van der Waals surface area contributed by atoms with E-state index in [9.17, 15) is 0 Å². The average molecular weight is 239 g/mol. The Morgan fingerprint density at radius 2 is 2.18 bits per heavy atom. The van der Waals surface area contributed by atoms with Crippen molar-refractivity contribution in [3.8, 4) is 0 Å². The Hall–Kier alpha value is -0.120. The summed E-state index contributed by atoms with van der Waals surface area (Å²) in [6.45, 7) is 7.32. The Kier molecular flexibility index (Phi) is 4.83. The Labute approximate surface area is 107 Å². The lowest BCUT2D eigenvalue weighted by molar-refractivity contribution is 0.195. The lowest BCUT2D eigenvalue weighted by Gasteiger charge is -2.28. The average Bonchev–Trinajstić information content (AvgIpc) is 2.71. The molecule has 17 heavy (non-hydrogen) atoms. The number of hydrogen-bond acceptors (Lipinski definition) is 3. The van der Waals surface area contributed by atoms with E-state index in [1.165, 1.54) is 38.8 Å². The second-order valence-corrected chi connectivity index (χ2v) is 6.19. The summed E-state index contributed by atoms with van der Waals surface area (Å²) in [6, 6.07) is 1.59. The predicted octanol–water partition coefficient (Wildman–Crippen LogP) is 1.40. The van der Waals surface area contributed by atoms with E-state index in [0.717, 1.165) is 25.0 Å². The van der Waals surface area contributed by atoms with Crippen LogP contribution in [0.4, 0.5) is 0 Å². The molecular formula is C14H29N3. The molecule has 0 aromatic rings. The van der Waals surface area contributed by atoms with Gasteiger partial charge in [0, 0.05) is 31.7 Å². The molecule has 2 saturated heterocycles. The first-order chi connectivity index (χ1) is 8.16. The fraction of sp³-hybridized carbons (Fsp3) is 1.00. The molecule has 0 aromatic heterocycles. The van der Waals surface area contributed by atoms with Gasteiger partial charge in [-0.25, -0.2) is 0 Å². The summed E-state index contributed by atoms with van der Waals surface area (Å²) in [5.74, 6) is 0.875. The zero-order valence-corrected chi connectivity index (χ0v) is 11.8. The molecule has 2 fully saturated rings. The van der Waals surface area contributed by atoms with Gasteiger partial charge in [-0.3, -0.25) is 0 Å². The molecular weight excluding hydrogens is 210 g/mol. The first-order valence-corrected chi connectivity index (χ1v) is 7.29. The third-order valence-corrected chi connectivity index (χ3v) is 4.53. The molecule has 2 aliphatic heterocycles. The van der Waals surface area contributed by atoms with Crippen molar-refractivity contribution in [2.24, 2.45) is 5.92 Å². The van der Waals surface area contributed by atoms with Crippen molar-refractivity contribution in [2.45, 2.75) is 44.7 Å². The van der Waals surface area contributed by atoms with E-state index in [1.807, 2.05) is 0 Å². The summed E-state index contributed by atoms with van der Waals surface area (Å²) in [7, 11) is 4.28. The number of likely N-dealkylation sites (N-methyl/N-ethyl adjacent to an activating group) is 1. The molecule has 3 nitrogen and oxygen atoms in total. The number of nitrogens with one attached hydrogen (secondary N) is 1. The Morgan fingerprint density at radius 3 is 2.88 bits per heavy atom. The lowest BCUT2D eigenvalue weighted by atomic mass is 9.95. The van der Waals surface area contributed by atoms with Crippen molar-refractivity contribution in [2.75, 3.05) is 40.3 Å². The van der Waals surface area contributed by atoms with Gasteiger partial charge in [0.15, 0.2) is 0 Å². The molecule has 1 N–H and O–H groups in total. The first kappa shape index (κ1) is 13.3. The van der Waals surface area contributed by atoms with Crippen molar-refractivity contribution < 1.29 is 0 Å². The minimum atomic E-state index is 0.681. The minimum absolute atomic E-state index is 0.681. The van der Waals surface area contributed by atoms with Gasteiger partial charge < -0.3 is 15.1 Å². The quantitative estimate of drug-likeness (QED) is 0.782. The second kappa shape index (κ2) is 6.17. The highest BCUT2D eigenvalue weighted by molar-refractivity contribution is 4.91. The smallest absolute Gasteiger partial charge is 0.0101 e. The van der Waals surface area contributed by atoms with Crippen molar-refractivity contribution in [3.63, 3.8) is 0 Å². The summed E-state index contributed by atoms with van der Waals surface area (Å²) in [6.07, 6.45) is 5.75. The normalized spacial score (nSPS) is 31.8. The Bertz CT molecular complexity index is 216. The van der Waals surface area contributed by atoms with E-state index in [2.05, 4.69) is 36.1 Å². The molecule has 0 radical (unpaired) electrons. The fourth-order valence-corrected chi connectivity index (χ4v) is 3.34. The Balaban J connectivity index is 1.71. The summed E-state index contributed by atoms with van der Waals surface area (Å²) in [5.41, 5.74) is 0. The zero-order chi connectivity index (χ0) is 12.3. The summed E-state index contributed by atoms with van der Waals surface area (Å²) in [5, 5.41) is 3.70. The van der Waals surface area contributed by atoms with Crippen LogP contribution in [0.3, 0.4) is 0 Å². The third kappa shape index (κ3) is 3.67. The molecule has 0 spiro atoms. The minimum Gasteiger partial charge on any atom is -0.313 e. The molecule has 2 heterocycles. The Morgan fingerprint density at radius 1 is 1.35 bits per heavy atom. The zero-order valence-electron chi connectivity index (χ0n) is 11.8. The van der Waals surface area contributed by atoms with E-state index in [-0.39, 0.29) is 0 Å². The molecule has 0 amide bonds. The molecule has 3 atom stereocenters. The predicted molar refractivity (Wildman–Crippen MR) is 73.3 cm³/mol. The second-order valence-electron chi connectivity index (χ2n) is 6.19. The number of rotatable bonds is 5. The van der Waals surface area contributed by atoms with Crippen LogP contribution in [0.15, 0.2) is 0 Å². The highest BCUT2D eigenvalue weighted by Gasteiger charge is 2.35. The molecule has 100 valence electrons. The van der Waals surface area contributed by atoms with Gasteiger partial charge in [0.25, 0.3) is 0 Å². The summed E-state index contributed by atoms with van der Waals surface area (Å²) < 4.78 is 0. The van der Waals surface area contributed by atoms with E-state index < -0.39 is 0 Å². The van der Waals surface area contributed by atoms with Crippen LogP contribution in [0.1, 0.15) is 32.6 Å². The van der Waals surface area contributed by atoms with E-state index in [0.29, 0.717) is 6.04 Å². The van der Waals surface area contributed by atoms with Crippen LogP contribution in [0.25, 0.3) is 0 Å². The van der Waals surface area contributed by atoms with Crippen molar-refractivity contribution in [1.29, 1.82) is 0 Å². The van der Waals surface area contributed by atoms with Crippen molar-refractivity contribution >= 4 is 0 Å². The van der Waals surface area contributed by atoms with Crippen LogP contribution in [-0.2, 0) is 0 Å². The van der Waals surface area contributed by atoms with Gasteiger partial charge in [0.05, 0.1) is 0 Å². The van der Waals surface area contributed by atoms with E-state index in [4.69, 9.17) is 0 Å². The van der Waals surface area contributed by atoms with Crippen LogP contribution in [-0.4, -0.2) is 62.2 Å². The van der Waals surface area contributed by atoms with Crippen LogP contribution < -0.4 is 5.32 Å². The van der Waals surface area contributed by atoms with Gasteiger partial charge in [0.1, 0.15) is 0 Å². The standard InChI is InChI=1S/C14H29N3/c1-12(15-7-9-16(2)3)13-10-14-6-4-5-8-17(14)11-13/h12-15H,4-11H2,1-3H3. The molecule has 3 heteroatoms. The first-order valence-electron chi connectivity index (χ1n) is 7.29. The van der Waals surface area contributed by atoms with Gasteiger partial charge in [-0.05, 0) is 52.7 Å². The molecule has 3 unspecified atom stereocenters. The van der Waals surface area contributed by atoms with Gasteiger partial charge >= 0.3 is 0 Å². The van der Waals surface area contributed by atoms with Gasteiger partial charge in [0.2, 0.25) is 0 Å². The van der Waals surface area contributed by atoms with Gasteiger partial charge in [-0.2, -0.15) is 0 Å². The van der Waals surface area contributed by atoms with Crippen molar-refractivity contribution in [3.05, 3.63) is 0 Å². The molecule has 0 aliphatic carbocycles. The number of piperidine rings is 1. The maximum absolute atomic E-state index is 3.70. The molecule has 2 rings (SSSR count). The van der Waals surface area contributed by atoms with Crippen LogP contribution in [0.2, 0.25) is 0 Å². The lowest BCUT2D eigenvalue weighted by Crippen LogP contribution is -2.39. The van der Waals surface area contributed by atoms with E-state index >= 15 is 0 Å². The number of fused-ring (bicyclic) bond motifs is 1. The van der Waals surface area contributed by atoms with E-state index in [1.54, 1.807) is 0 Å².